The lowest BCUT2D eigenvalue weighted by Crippen LogP contribution is -2.14. The lowest BCUT2D eigenvalue weighted by atomic mass is 10.0. The summed E-state index contributed by atoms with van der Waals surface area (Å²) in [6, 6.07) is 1.72. The maximum atomic E-state index is 11.6. The smallest absolute Gasteiger partial charge is 0.378 e. The summed E-state index contributed by atoms with van der Waals surface area (Å²) in [6.45, 7) is 7.15. The molecule has 1 aromatic carbocycles. The molecule has 0 aliphatic heterocycles. The number of aliphatic hydroxyl groups is 1. The van der Waals surface area contributed by atoms with Crippen molar-refractivity contribution in [1.82, 2.24) is 0 Å². The fourth-order valence-electron chi connectivity index (χ4n) is 1.90. The van der Waals surface area contributed by atoms with Crippen molar-refractivity contribution in [1.29, 1.82) is 0 Å². The third-order valence-corrected chi connectivity index (χ3v) is 3.32. The average Bonchev–Trinajstić information content (AvgIpc) is 2.43. The van der Waals surface area contributed by atoms with E-state index in [9.17, 15) is 14.7 Å². The van der Waals surface area contributed by atoms with Crippen LogP contribution in [0.25, 0.3) is 5.76 Å². The molecule has 0 atom stereocenters. The van der Waals surface area contributed by atoms with Crippen molar-refractivity contribution >= 4 is 29.1 Å². The van der Waals surface area contributed by atoms with Crippen LogP contribution in [0.3, 0.4) is 0 Å². The molecule has 0 heterocycles. The molecule has 0 aliphatic rings. The Morgan fingerprint density at radius 3 is 2.41 bits per heavy atom. The molecule has 5 nitrogen and oxygen atoms in total. The molecule has 120 valence electrons. The highest BCUT2D eigenvalue weighted by molar-refractivity contribution is 6.39. The summed E-state index contributed by atoms with van der Waals surface area (Å²) in [6.07, 6.45) is 0.666. The molecule has 0 aromatic heterocycles. The number of aliphatic hydroxyl groups excluding tert-OH is 1. The number of ether oxygens (including phenoxy) is 2. The maximum Gasteiger partial charge on any atom is 0.378 e. The molecule has 0 saturated carbocycles. The van der Waals surface area contributed by atoms with E-state index < -0.39 is 17.5 Å². The highest BCUT2D eigenvalue weighted by Gasteiger charge is 2.21. The van der Waals surface area contributed by atoms with Crippen molar-refractivity contribution in [2.24, 2.45) is 0 Å². The summed E-state index contributed by atoms with van der Waals surface area (Å²) in [5.74, 6) is -2.00. The first-order chi connectivity index (χ1) is 10.2. The average molecular weight is 327 g/mol. The van der Waals surface area contributed by atoms with E-state index in [1.807, 2.05) is 13.8 Å². The van der Waals surface area contributed by atoms with Gasteiger partial charge in [0.15, 0.2) is 0 Å². The van der Waals surface area contributed by atoms with Gasteiger partial charge in [-0.2, -0.15) is 0 Å². The summed E-state index contributed by atoms with van der Waals surface area (Å²) in [4.78, 5) is 22.8. The largest absolute Gasteiger partial charge is 0.507 e. The van der Waals surface area contributed by atoms with Gasteiger partial charge in [-0.3, -0.25) is 4.79 Å². The van der Waals surface area contributed by atoms with Gasteiger partial charge in [0.25, 0.3) is 5.78 Å². The minimum atomic E-state index is -1.06. The molecule has 0 aliphatic carbocycles. The van der Waals surface area contributed by atoms with Gasteiger partial charge in [-0.1, -0.05) is 11.6 Å². The summed E-state index contributed by atoms with van der Waals surface area (Å²) in [7, 11) is 1.09. The summed E-state index contributed by atoms with van der Waals surface area (Å²) >= 11 is 6.13. The van der Waals surface area contributed by atoms with E-state index in [4.69, 9.17) is 16.3 Å². The Labute approximate surface area is 134 Å². The molecule has 1 N–H and O–H groups in total. The van der Waals surface area contributed by atoms with Crippen LogP contribution >= 0.6 is 11.6 Å². The number of carbonyl (C=O) groups excluding carboxylic acids is 2. The number of halogens is 1. The number of methoxy groups -OCH3 is 1. The van der Waals surface area contributed by atoms with Crippen LogP contribution in [-0.4, -0.2) is 30.1 Å². The summed E-state index contributed by atoms with van der Waals surface area (Å²) < 4.78 is 10.0. The van der Waals surface area contributed by atoms with Gasteiger partial charge < -0.3 is 14.6 Å². The number of aryl methyl sites for hydroxylation is 1. The number of hydrogen-bond donors (Lipinski definition) is 1. The molecule has 6 heteroatoms. The van der Waals surface area contributed by atoms with Gasteiger partial charge >= 0.3 is 5.97 Å². The van der Waals surface area contributed by atoms with Gasteiger partial charge in [0.05, 0.1) is 18.8 Å². The van der Waals surface area contributed by atoms with Crippen molar-refractivity contribution in [3.63, 3.8) is 0 Å². The molecule has 0 radical (unpaired) electrons. The molecule has 0 unspecified atom stereocenters. The number of rotatable bonds is 5. The lowest BCUT2D eigenvalue weighted by molar-refractivity contribution is -0.149. The highest BCUT2D eigenvalue weighted by Crippen LogP contribution is 2.36. The van der Waals surface area contributed by atoms with Crippen molar-refractivity contribution < 1.29 is 24.2 Å². The van der Waals surface area contributed by atoms with Gasteiger partial charge in [-0.25, -0.2) is 4.79 Å². The molecule has 0 bridgehead atoms. The Bertz CT molecular complexity index is 632. The Morgan fingerprint density at radius 1 is 1.32 bits per heavy atom. The van der Waals surface area contributed by atoms with Gasteiger partial charge in [-0.15, -0.1) is 0 Å². The first-order valence-electron chi connectivity index (χ1n) is 6.68. The van der Waals surface area contributed by atoms with Crippen LogP contribution in [0.4, 0.5) is 0 Å². The van der Waals surface area contributed by atoms with Crippen LogP contribution in [0.5, 0.6) is 5.75 Å². The lowest BCUT2D eigenvalue weighted by Gasteiger charge is -2.19. The zero-order chi connectivity index (χ0) is 17.0. The third kappa shape index (κ3) is 4.01. The van der Waals surface area contributed by atoms with E-state index in [-0.39, 0.29) is 11.7 Å². The first kappa shape index (κ1) is 18.0. The second-order valence-corrected chi connectivity index (χ2v) is 5.46. The van der Waals surface area contributed by atoms with Crippen LogP contribution in [0.15, 0.2) is 12.1 Å². The Hall–Kier alpha value is -2.01. The number of esters is 1. The Balaban J connectivity index is 3.46. The highest BCUT2D eigenvalue weighted by atomic mass is 35.5. The van der Waals surface area contributed by atoms with Gasteiger partial charge in [0.1, 0.15) is 11.5 Å². The van der Waals surface area contributed by atoms with E-state index in [1.165, 1.54) is 0 Å². The molecular formula is C16H19ClO5. The van der Waals surface area contributed by atoms with E-state index in [0.29, 0.717) is 21.9 Å². The predicted molar refractivity (Wildman–Crippen MR) is 84.3 cm³/mol. The normalized spacial score (nSPS) is 11.5. The number of hydrogen-bond acceptors (Lipinski definition) is 5. The van der Waals surface area contributed by atoms with Crippen LogP contribution in [0.2, 0.25) is 5.02 Å². The Kier molecular flexibility index (Phi) is 6.00. The molecule has 0 amide bonds. The third-order valence-electron chi connectivity index (χ3n) is 2.93. The fraction of sp³-hybridized carbons (Fsp3) is 0.375. The van der Waals surface area contributed by atoms with Crippen LogP contribution in [0, 0.1) is 13.8 Å². The zero-order valence-corrected chi connectivity index (χ0v) is 13.9. The monoisotopic (exact) mass is 326 g/mol. The zero-order valence-electron chi connectivity index (χ0n) is 13.2. The summed E-state index contributed by atoms with van der Waals surface area (Å²) in [5.41, 5.74) is 1.55. The van der Waals surface area contributed by atoms with E-state index in [0.717, 1.165) is 13.2 Å². The maximum absolute atomic E-state index is 11.6. The number of ketones is 1. The standard InChI is InChI=1S/C16H19ClO5/c1-8(2)22-15-9(3)6-11(17)10(4)14(15)12(18)7-13(19)16(20)21-5/h6-8,18H,1-5H3/b12-7-. The van der Waals surface area contributed by atoms with Crippen LogP contribution in [-0.2, 0) is 14.3 Å². The SMILES string of the molecule is COC(=O)C(=O)/C=C(\O)c1c(C)c(Cl)cc(C)c1OC(C)C. The van der Waals surface area contributed by atoms with Crippen molar-refractivity contribution in [2.75, 3.05) is 7.11 Å². The Morgan fingerprint density at radius 2 is 1.91 bits per heavy atom. The van der Waals surface area contributed by atoms with Gasteiger partial charge in [0.2, 0.25) is 0 Å². The summed E-state index contributed by atoms with van der Waals surface area (Å²) in [5, 5.41) is 10.7. The minimum Gasteiger partial charge on any atom is -0.507 e. The van der Waals surface area contributed by atoms with Gasteiger partial charge in [-0.05, 0) is 44.9 Å². The van der Waals surface area contributed by atoms with Crippen molar-refractivity contribution in [3.05, 3.63) is 33.9 Å². The molecule has 1 rings (SSSR count). The second-order valence-electron chi connectivity index (χ2n) is 5.06. The fourth-order valence-corrected chi connectivity index (χ4v) is 2.16. The van der Waals surface area contributed by atoms with Crippen LogP contribution in [0.1, 0.15) is 30.5 Å². The molecular weight excluding hydrogens is 308 g/mol. The molecule has 0 saturated heterocycles. The molecule has 0 fully saturated rings. The van der Waals surface area contributed by atoms with E-state index >= 15 is 0 Å². The number of benzene rings is 1. The van der Waals surface area contributed by atoms with E-state index in [2.05, 4.69) is 4.74 Å². The van der Waals surface area contributed by atoms with Gasteiger partial charge in [0, 0.05) is 11.1 Å². The molecule has 22 heavy (non-hydrogen) atoms. The molecule has 0 spiro atoms. The number of carbonyl (C=O) groups is 2. The first-order valence-corrected chi connectivity index (χ1v) is 7.06. The predicted octanol–water partition coefficient (Wildman–Crippen LogP) is 3.39. The van der Waals surface area contributed by atoms with E-state index in [1.54, 1.807) is 19.9 Å². The quantitative estimate of drug-likeness (QED) is 0.388. The molecule has 1 aromatic rings. The van der Waals surface area contributed by atoms with Crippen LogP contribution < -0.4 is 4.74 Å². The minimum absolute atomic E-state index is 0.137. The van der Waals surface area contributed by atoms with Crippen molar-refractivity contribution in [3.8, 4) is 5.75 Å². The second kappa shape index (κ2) is 7.31. The van der Waals surface area contributed by atoms with Crippen molar-refractivity contribution in [2.45, 2.75) is 33.8 Å². The topological polar surface area (TPSA) is 72.8 Å².